The zero-order valence-corrected chi connectivity index (χ0v) is 52.7. The summed E-state index contributed by atoms with van der Waals surface area (Å²) in [6.07, 6.45) is 11.6. The fourth-order valence-corrected chi connectivity index (χ4v) is 11.4. The van der Waals surface area contributed by atoms with E-state index in [1.165, 1.54) is 28.3 Å². The van der Waals surface area contributed by atoms with Gasteiger partial charge in [0.2, 0.25) is 11.9 Å². The zero-order valence-electron chi connectivity index (χ0n) is 52.7. The van der Waals surface area contributed by atoms with Gasteiger partial charge in [-0.15, -0.1) is 0 Å². The van der Waals surface area contributed by atoms with Crippen LogP contribution in [-0.4, -0.2) is 189 Å². The Balaban J connectivity index is 0.000000161. The molecule has 21 nitrogen and oxygen atoms in total. The first kappa shape index (κ1) is 64.8. The predicted octanol–water partition coefficient (Wildman–Crippen LogP) is 8.74. The number of rotatable bonds is 24. The topological polar surface area (TPSA) is 234 Å². The first-order valence-corrected chi connectivity index (χ1v) is 30.3. The van der Waals surface area contributed by atoms with Crippen LogP contribution in [0.1, 0.15) is 88.0 Å². The van der Waals surface area contributed by atoms with Gasteiger partial charge in [0.15, 0.2) is 0 Å². The van der Waals surface area contributed by atoms with Gasteiger partial charge in [-0.1, -0.05) is 20.8 Å². The smallest absolute Gasteiger partial charge is 0.292 e. The lowest BCUT2D eigenvalue weighted by Crippen LogP contribution is -2.29. The normalized spacial score (nSPS) is 17.2. The van der Waals surface area contributed by atoms with Gasteiger partial charge in [0, 0.05) is 86.7 Å². The van der Waals surface area contributed by atoms with E-state index in [1.54, 1.807) is 6.07 Å². The Morgan fingerprint density at radius 1 is 0.512 bits per heavy atom. The number of likely N-dealkylation sites (N-methyl/N-ethyl adjacent to an activating group) is 1. The van der Waals surface area contributed by atoms with Crippen LogP contribution in [0, 0.1) is 10.1 Å². The van der Waals surface area contributed by atoms with Crippen LogP contribution < -0.4 is 46.8 Å². The van der Waals surface area contributed by atoms with E-state index in [0.717, 1.165) is 179 Å². The fourth-order valence-electron chi connectivity index (χ4n) is 11.4. The number of nitrogens with two attached hydrogens (primary N) is 3. The Morgan fingerprint density at radius 3 is 1.31 bits per heavy atom. The third kappa shape index (κ3) is 16.8. The minimum Gasteiger partial charge on any atom is -0.490 e. The lowest BCUT2D eigenvalue weighted by molar-refractivity contribution is -0.384. The predicted molar refractivity (Wildman–Crippen MR) is 344 cm³/mol. The molecule has 0 saturated carbocycles. The van der Waals surface area contributed by atoms with Gasteiger partial charge in [-0.3, -0.25) is 10.1 Å². The maximum absolute atomic E-state index is 11.2. The third-order valence-electron chi connectivity index (χ3n) is 15.7. The monoisotopic (exact) mass is 1160 g/mol. The number of nitro benzene ring substituents is 1. The largest absolute Gasteiger partial charge is 0.490 e. The molecule has 4 aliphatic heterocycles. The summed E-state index contributed by atoms with van der Waals surface area (Å²) in [6.45, 7) is 14.8. The molecular formula is C63H99N15O6. The summed E-state index contributed by atoms with van der Waals surface area (Å²) in [5, 5.41) is 18.0. The second kappa shape index (κ2) is 30.3. The minimum atomic E-state index is -0.326. The van der Waals surface area contributed by atoms with Gasteiger partial charge < -0.3 is 80.4 Å². The molecule has 0 bridgehead atoms. The molecule has 6 heterocycles. The number of benzene rings is 4. The van der Waals surface area contributed by atoms with E-state index in [0.29, 0.717) is 30.2 Å². The van der Waals surface area contributed by atoms with Crippen LogP contribution in [0.4, 0.5) is 34.6 Å². The number of imidazole rings is 2. The van der Waals surface area contributed by atoms with Gasteiger partial charge in [-0.05, 0) is 184 Å². The molecule has 4 aliphatic rings. The van der Waals surface area contributed by atoms with Crippen LogP contribution in [0.2, 0.25) is 0 Å². The zero-order chi connectivity index (χ0) is 60.8. The highest BCUT2D eigenvalue weighted by Crippen LogP contribution is 2.42. The minimum absolute atomic E-state index is 0.129. The maximum Gasteiger partial charge on any atom is 0.292 e. The lowest BCUT2D eigenvalue weighted by Gasteiger charge is -2.15. The van der Waals surface area contributed by atoms with Crippen molar-refractivity contribution in [3.63, 3.8) is 0 Å². The van der Waals surface area contributed by atoms with Crippen LogP contribution in [-0.2, 0) is 38.8 Å². The molecule has 0 fully saturated rings. The number of fused-ring (bicyclic) bond motifs is 8. The molecule has 0 radical (unpaired) electrons. The lowest BCUT2D eigenvalue weighted by atomic mass is 10.0. The van der Waals surface area contributed by atoms with Gasteiger partial charge in [-0.2, -0.15) is 0 Å². The van der Waals surface area contributed by atoms with E-state index in [2.05, 4.69) is 131 Å². The number of hydrogen-bond donors (Lipinski definition) is 5. The van der Waals surface area contributed by atoms with Crippen molar-refractivity contribution in [3.05, 3.63) is 80.9 Å². The van der Waals surface area contributed by atoms with Crippen molar-refractivity contribution >= 4 is 56.7 Å². The number of nitro groups is 1. The second-order valence-corrected chi connectivity index (χ2v) is 24.0. The number of aromatic nitrogens is 4. The summed E-state index contributed by atoms with van der Waals surface area (Å²) in [5.41, 5.74) is 30.1. The van der Waals surface area contributed by atoms with Crippen molar-refractivity contribution in [1.29, 1.82) is 0 Å². The third-order valence-corrected chi connectivity index (χ3v) is 15.7. The van der Waals surface area contributed by atoms with Gasteiger partial charge in [0.1, 0.15) is 53.1 Å². The second-order valence-electron chi connectivity index (χ2n) is 24.0. The van der Waals surface area contributed by atoms with Crippen LogP contribution >= 0.6 is 0 Å². The molecule has 0 amide bonds. The average molecular weight is 1160 g/mol. The summed E-state index contributed by atoms with van der Waals surface area (Å²) >= 11 is 0. The van der Waals surface area contributed by atoms with Crippen LogP contribution in [0.15, 0.2) is 48.5 Å². The number of anilines is 5. The molecule has 4 unspecified atom stereocenters. The van der Waals surface area contributed by atoms with Crippen molar-refractivity contribution < 1.29 is 23.9 Å². The Bertz CT molecular complexity index is 3100. The molecular weight excluding hydrogens is 1060 g/mol. The molecule has 0 spiro atoms. The van der Waals surface area contributed by atoms with Crippen molar-refractivity contribution in [1.82, 2.24) is 43.6 Å². The summed E-state index contributed by atoms with van der Waals surface area (Å²) in [6, 6.07) is 15.3. The molecule has 4 aromatic carbocycles. The van der Waals surface area contributed by atoms with E-state index >= 15 is 0 Å². The molecule has 84 heavy (non-hydrogen) atoms. The number of aryl methyl sites for hydroxylation is 2. The summed E-state index contributed by atoms with van der Waals surface area (Å²) in [5.74, 6) is 4.97. The molecule has 0 saturated heterocycles. The molecule has 462 valence electrons. The van der Waals surface area contributed by atoms with Crippen LogP contribution in [0.25, 0.3) is 22.1 Å². The molecule has 10 rings (SSSR count). The summed E-state index contributed by atoms with van der Waals surface area (Å²) < 4.78 is 28.1. The van der Waals surface area contributed by atoms with Crippen molar-refractivity contribution in [2.75, 3.05) is 144 Å². The SMILES string of the molecule is CCC1Cc2c(ccc(N)c2NCCCN(C)C)O1.CCC1Cc2c(ccc([N+](=O)[O-])c2NCCCN(C)C)O1.CCC1Cc2c(ccc3nc(N)n(CCCN(C)C)c23)O1.CN(C)CCCn1c(N)nc2ccc3c(c21)CC(CN(C)C)O3. The number of hydrogen-bond acceptors (Lipinski definition) is 18. The molecule has 4 atom stereocenters. The van der Waals surface area contributed by atoms with Crippen molar-refractivity contribution in [2.45, 2.75) is 129 Å². The molecule has 8 N–H and O–H groups in total. The summed E-state index contributed by atoms with van der Waals surface area (Å²) in [7, 11) is 20.7. The van der Waals surface area contributed by atoms with Crippen LogP contribution in [0.5, 0.6) is 23.0 Å². The van der Waals surface area contributed by atoms with E-state index in [1.807, 2.05) is 50.5 Å². The summed E-state index contributed by atoms with van der Waals surface area (Å²) in [4.78, 5) is 30.8. The molecule has 0 aliphatic carbocycles. The Morgan fingerprint density at radius 2 is 0.881 bits per heavy atom. The highest BCUT2D eigenvalue weighted by molar-refractivity contribution is 5.86. The highest BCUT2D eigenvalue weighted by Gasteiger charge is 2.31. The highest BCUT2D eigenvalue weighted by atomic mass is 16.6. The number of nitrogen functional groups attached to an aromatic ring is 3. The van der Waals surface area contributed by atoms with E-state index in [-0.39, 0.29) is 28.9 Å². The Kier molecular flexibility index (Phi) is 23.4. The van der Waals surface area contributed by atoms with Gasteiger partial charge >= 0.3 is 0 Å². The quantitative estimate of drug-likeness (QED) is 0.0165. The standard InChI is InChI=1S/C17H27N5O.C16H24N4O.C15H23N3O3.C15H25N3O/c1-20(2)8-5-9-22-16-13-10-12(11-21(3)4)23-15(13)7-6-14(16)19-17(22)18;1-4-11-10-12-14(21-11)7-6-13-15(12)20(16(17)18-13)9-5-8-19(2)3;1-4-11-10-12-14(21-11)7-6-13(18(19)20)15(12)16-8-5-9-17(2)3;1-4-11-10-12-14(19-11)7-6-13(16)15(12)17-8-5-9-18(2)3/h6-7,12H,5,8-11H2,1-4H3,(H2,18,19);6-7,11H,4-5,8-10H2,1-3H3,(H2,17,18);6-7,11,16H,4-5,8-10H2,1-3H3;6-7,11,17H,4-5,8-10,16H2,1-3H3. The van der Waals surface area contributed by atoms with Crippen molar-refractivity contribution in [3.8, 4) is 23.0 Å². The van der Waals surface area contributed by atoms with Gasteiger partial charge in [0.25, 0.3) is 5.69 Å². The van der Waals surface area contributed by atoms with Gasteiger partial charge in [-0.25, -0.2) is 9.97 Å². The first-order chi connectivity index (χ1) is 40.2. The van der Waals surface area contributed by atoms with Crippen LogP contribution in [0.3, 0.4) is 0 Å². The first-order valence-electron chi connectivity index (χ1n) is 30.3. The molecule has 2 aromatic heterocycles. The Hall–Kier alpha value is -6.78. The van der Waals surface area contributed by atoms with Crippen molar-refractivity contribution in [2.24, 2.45) is 0 Å². The molecule has 6 aromatic rings. The Labute approximate surface area is 499 Å². The van der Waals surface area contributed by atoms with E-state index in [4.69, 9.17) is 36.1 Å². The number of nitrogens with one attached hydrogen (secondary N) is 2. The maximum atomic E-state index is 11.2. The number of nitrogens with zero attached hydrogens (tertiary/aromatic N) is 10. The fraction of sp³-hybridized carbons (Fsp3) is 0.587. The molecule has 21 heteroatoms. The van der Waals surface area contributed by atoms with E-state index in [9.17, 15) is 10.1 Å². The average Bonchev–Trinajstić information content (AvgIpc) is 3.38. The van der Waals surface area contributed by atoms with E-state index < -0.39 is 0 Å². The number of ether oxygens (including phenoxy) is 4. The van der Waals surface area contributed by atoms with Gasteiger partial charge in [0.05, 0.1) is 38.4 Å².